The highest BCUT2D eigenvalue weighted by atomic mass is 16.2. The van der Waals surface area contributed by atoms with Gasteiger partial charge in [0.25, 0.3) is 0 Å². The van der Waals surface area contributed by atoms with Crippen molar-refractivity contribution >= 4 is 12.2 Å². The van der Waals surface area contributed by atoms with Gasteiger partial charge in [-0.2, -0.15) is 0 Å². The molecule has 1 amide bonds. The Labute approximate surface area is 138 Å². The first kappa shape index (κ1) is 17.5. The average molecular weight is 317 g/mol. The van der Waals surface area contributed by atoms with E-state index >= 15 is 0 Å². The Hall–Kier alpha value is -1.88. The predicted molar refractivity (Wildman–Crippen MR) is 91.6 cm³/mol. The fourth-order valence-corrected chi connectivity index (χ4v) is 2.94. The van der Waals surface area contributed by atoms with E-state index in [2.05, 4.69) is 18.8 Å². The maximum absolute atomic E-state index is 12.3. The second kappa shape index (κ2) is 8.67. The topological polar surface area (TPSA) is 52.7 Å². The molecule has 0 aliphatic carbocycles. The number of allylic oxidation sites excluding steroid dienone is 2. The molecule has 2 aliphatic rings. The van der Waals surface area contributed by atoms with Gasteiger partial charge in [-0.05, 0) is 31.4 Å². The van der Waals surface area contributed by atoms with Crippen molar-refractivity contribution in [2.45, 2.75) is 26.2 Å². The van der Waals surface area contributed by atoms with Crippen LogP contribution >= 0.6 is 0 Å². The fourth-order valence-electron chi connectivity index (χ4n) is 2.94. The molecule has 2 heterocycles. The predicted octanol–water partition coefficient (Wildman–Crippen LogP) is 1.69. The maximum Gasteiger partial charge on any atom is 0.246 e. The van der Waals surface area contributed by atoms with E-state index in [1.807, 2.05) is 17.1 Å². The fraction of sp³-hybridized carbons (Fsp3) is 0.556. The van der Waals surface area contributed by atoms with Crippen molar-refractivity contribution in [2.75, 3.05) is 32.7 Å². The standard InChI is InChI=1S/C18H27N3O2/c1-3-4-5-17(14-22)21-11-10-20(13-15(21)2)18(23)7-6-16-8-9-19-12-16/h5-7,14,16,19H,2-4,8-13H2,1H3/b7-6+,17-5-. The smallest absolute Gasteiger partial charge is 0.246 e. The van der Waals surface area contributed by atoms with Gasteiger partial charge in [0.15, 0.2) is 6.29 Å². The molecular formula is C18H27N3O2. The number of unbranched alkanes of at least 4 members (excludes halogenated alkanes) is 1. The Balaban J connectivity index is 1.91. The lowest BCUT2D eigenvalue weighted by molar-refractivity contribution is -0.126. The molecule has 0 aromatic carbocycles. The van der Waals surface area contributed by atoms with Crippen LogP contribution in [0.25, 0.3) is 0 Å². The summed E-state index contributed by atoms with van der Waals surface area (Å²) in [5.74, 6) is 0.491. The molecule has 5 nitrogen and oxygen atoms in total. The number of hydrogen-bond donors (Lipinski definition) is 1. The molecule has 0 aromatic heterocycles. The van der Waals surface area contributed by atoms with E-state index in [9.17, 15) is 9.59 Å². The highest BCUT2D eigenvalue weighted by molar-refractivity contribution is 5.88. The van der Waals surface area contributed by atoms with Gasteiger partial charge < -0.3 is 15.1 Å². The Morgan fingerprint density at radius 2 is 2.26 bits per heavy atom. The van der Waals surface area contributed by atoms with Gasteiger partial charge in [-0.15, -0.1) is 0 Å². The summed E-state index contributed by atoms with van der Waals surface area (Å²) in [5, 5.41) is 3.29. The largest absolute Gasteiger partial charge is 0.340 e. The van der Waals surface area contributed by atoms with Crippen molar-refractivity contribution in [1.82, 2.24) is 15.1 Å². The number of rotatable bonds is 6. The van der Waals surface area contributed by atoms with Crippen molar-refractivity contribution in [1.29, 1.82) is 0 Å². The van der Waals surface area contributed by atoms with Gasteiger partial charge in [0.1, 0.15) is 0 Å². The van der Waals surface area contributed by atoms with Gasteiger partial charge in [0, 0.05) is 25.3 Å². The molecule has 2 saturated heterocycles. The van der Waals surface area contributed by atoms with Crippen LogP contribution in [-0.4, -0.2) is 54.7 Å². The number of carbonyl (C=O) groups is 2. The molecule has 2 rings (SSSR count). The van der Waals surface area contributed by atoms with Gasteiger partial charge in [0.05, 0.1) is 12.2 Å². The second-order valence-electron chi connectivity index (χ2n) is 6.13. The molecule has 0 aromatic rings. The summed E-state index contributed by atoms with van der Waals surface area (Å²) in [4.78, 5) is 27.3. The molecule has 0 bridgehead atoms. The summed E-state index contributed by atoms with van der Waals surface area (Å²) in [6.07, 6.45) is 9.49. The van der Waals surface area contributed by atoms with Crippen molar-refractivity contribution in [3.8, 4) is 0 Å². The quantitative estimate of drug-likeness (QED) is 0.598. The lowest BCUT2D eigenvalue weighted by atomic mass is 10.1. The number of amides is 1. The SMILES string of the molecule is C=C1CN(C(=O)/C=C/C2CCNC2)CCN1/C(C=O)=C\CCC. The Kier molecular flexibility index (Phi) is 6.59. The van der Waals surface area contributed by atoms with Crippen LogP contribution in [0.5, 0.6) is 0 Å². The molecular weight excluding hydrogens is 290 g/mol. The van der Waals surface area contributed by atoms with Gasteiger partial charge in [-0.25, -0.2) is 0 Å². The number of nitrogens with one attached hydrogen (secondary N) is 1. The molecule has 23 heavy (non-hydrogen) atoms. The van der Waals surface area contributed by atoms with Crippen LogP contribution in [0.3, 0.4) is 0 Å². The molecule has 1 atom stereocenters. The van der Waals surface area contributed by atoms with E-state index in [4.69, 9.17) is 0 Å². The van der Waals surface area contributed by atoms with Crippen LogP contribution in [0.2, 0.25) is 0 Å². The normalized spacial score (nSPS) is 22.9. The van der Waals surface area contributed by atoms with Crippen LogP contribution < -0.4 is 5.32 Å². The zero-order valence-electron chi connectivity index (χ0n) is 14.0. The summed E-state index contributed by atoms with van der Waals surface area (Å²) < 4.78 is 0. The van der Waals surface area contributed by atoms with E-state index in [0.29, 0.717) is 31.2 Å². The lowest BCUT2D eigenvalue weighted by Crippen LogP contribution is -2.46. The third kappa shape index (κ3) is 4.79. The molecule has 5 heteroatoms. The monoisotopic (exact) mass is 317 g/mol. The number of hydrogen-bond acceptors (Lipinski definition) is 4. The summed E-state index contributed by atoms with van der Waals surface area (Å²) >= 11 is 0. The minimum atomic E-state index is 0.0305. The number of carbonyl (C=O) groups excluding carboxylic acids is 2. The van der Waals surface area contributed by atoms with Crippen LogP contribution in [0.15, 0.2) is 36.2 Å². The molecule has 2 aliphatic heterocycles. The zero-order valence-corrected chi connectivity index (χ0v) is 14.0. The highest BCUT2D eigenvalue weighted by Gasteiger charge is 2.24. The average Bonchev–Trinajstić information content (AvgIpc) is 3.07. The Bertz CT molecular complexity index is 504. The molecule has 0 spiro atoms. The zero-order chi connectivity index (χ0) is 16.7. The number of piperazine rings is 1. The first-order chi connectivity index (χ1) is 11.2. The lowest BCUT2D eigenvalue weighted by Gasteiger charge is -2.37. The van der Waals surface area contributed by atoms with Crippen LogP contribution in [0.4, 0.5) is 0 Å². The van der Waals surface area contributed by atoms with Crippen LogP contribution in [0.1, 0.15) is 26.2 Å². The number of nitrogens with zero attached hydrogens (tertiary/aromatic N) is 2. The number of aldehydes is 1. The van der Waals surface area contributed by atoms with Crippen LogP contribution in [0, 0.1) is 5.92 Å². The Morgan fingerprint density at radius 1 is 1.43 bits per heavy atom. The highest BCUT2D eigenvalue weighted by Crippen LogP contribution is 2.18. The first-order valence-corrected chi connectivity index (χ1v) is 8.44. The van der Waals surface area contributed by atoms with Gasteiger partial charge >= 0.3 is 0 Å². The third-order valence-electron chi connectivity index (χ3n) is 4.34. The van der Waals surface area contributed by atoms with Gasteiger partial charge in [0.2, 0.25) is 5.91 Å². The van der Waals surface area contributed by atoms with Crippen molar-refractivity contribution in [3.05, 3.63) is 36.2 Å². The van der Waals surface area contributed by atoms with E-state index < -0.39 is 0 Å². The summed E-state index contributed by atoms with van der Waals surface area (Å²) in [6.45, 7) is 9.81. The van der Waals surface area contributed by atoms with Crippen molar-refractivity contribution in [2.24, 2.45) is 5.92 Å². The molecule has 0 saturated carbocycles. The minimum Gasteiger partial charge on any atom is -0.340 e. The first-order valence-electron chi connectivity index (χ1n) is 8.44. The van der Waals surface area contributed by atoms with E-state index in [0.717, 1.165) is 44.3 Å². The minimum absolute atomic E-state index is 0.0305. The molecule has 1 N–H and O–H groups in total. The van der Waals surface area contributed by atoms with Crippen LogP contribution in [-0.2, 0) is 9.59 Å². The molecule has 0 radical (unpaired) electrons. The van der Waals surface area contributed by atoms with E-state index in [1.165, 1.54) is 0 Å². The maximum atomic E-state index is 12.3. The summed E-state index contributed by atoms with van der Waals surface area (Å²) in [6, 6.07) is 0. The Morgan fingerprint density at radius 3 is 2.87 bits per heavy atom. The molecule has 126 valence electrons. The van der Waals surface area contributed by atoms with E-state index in [-0.39, 0.29) is 5.91 Å². The van der Waals surface area contributed by atoms with E-state index in [1.54, 1.807) is 11.0 Å². The summed E-state index contributed by atoms with van der Waals surface area (Å²) in [5.41, 5.74) is 1.46. The second-order valence-corrected chi connectivity index (χ2v) is 6.13. The van der Waals surface area contributed by atoms with Gasteiger partial charge in [-0.3, -0.25) is 9.59 Å². The third-order valence-corrected chi connectivity index (χ3v) is 4.34. The van der Waals surface area contributed by atoms with Crippen molar-refractivity contribution in [3.63, 3.8) is 0 Å². The van der Waals surface area contributed by atoms with Crippen molar-refractivity contribution < 1.29 is 9.59 Å². The van der Waals surface area contributed by atoms with Gasteiger partial charge in [-0.1, -0.05) is 32.1 Å². The molecule has 2 fully saturated rings. The molecule has 1 unspecified atom stereocenters. The summed E-state index contributed by atoms with van der Waals surface area (Å²) in [7, 11) is 0.